The van der Waals surface area contributed by atoms with Crippen LogP contribution in [0.5, 0.6) is 0 Å². The molecular weight excluding hydrogens is 369 g/mol. The van der Waals surface area contributed by atoms with Crippen molar-refractivity contribution in [2.24, 2.45) is 13.0 Å². The van der Waals surface area contributed by atoms with Crippen molar-refractivity contribution in [3.63, 3.8) is 0 Å². The number of nitrogens with one attached hydrogen (secondary N) is 1. The van der Waals surface area contributed by atoms with Crippen molar-refractivity contribution in [2.75, 3.05) is 0 Å². The van der Waals surface area contributed by atoms with Crippen LogP contribution in [0.15, 0.2) is 30.4 Å². The highest BCUT2D eigenvalue weighted by molar-refractivity contribution is 6.36. The summed E-state index contributed by atoms with van der Waals surface area (Å²) in [5, 5.41) is 11.2. The number of benzene rings is 1. The van der Waals surface area contributed by atoms with Crippen LogP contribution in [-0.4, -0.2) is 14.9 Å². The van der Waals surface area contributed by atoms with Crippen LogP contribution < -0.4 is 16.3 Å². The molecule has 136 valence electrons. The van der Waals surface area contributed by atoms with Crippen LogP contribution in [0.1, 0.15) is 30.6 Å². The molecule has 1 aromatic heterocycles. The molecule has 0 amide bonds. The van der Waals surface area contributed by atoms with Gasteiger partial charge in [-0.2, -0.15) is 0 Å². The highest BCUT2D eigenvalue weighted by Crippen LogP contribution is 2.23. The summed E-state index contributed by atoms with van der Waals surface area (Å²) in [6.45, 7) is 8.30. The first-order valence-electron chi connectivity index (χ1n) is 8.41. The maximum absolute atomic E-state index is 12.8. The molecule has 1 heterocycles. The van der Waals surface area contributed by atoms with Gasteiger partial charge in [0.15, 0.2) is 5.78 Å². The highest BCUT2D eigenvalue weighted by Gasteiger charge is 2.20. The van der Waals surface area contributed by atoms with Crippen LogP contribution in [0.25, 0.3) is 11.6 Å². The molecule has 4 nitrogen and oxygen atoms in total. The Balaban J connectivity index is 2.16. The normalized spacial score (nSPS) is 16.2. The molecule has 2 aromatic rings. The summed E-state index contributed by atoms with van der Waals surface area (Å²) in [6, 6.07) is 4.84. The van der Waals surface area contributed by atoms with Crippen LogP contribution in [0.3, 0.4) is 0 Å². The van der Waals surface area contributed by atoms with E-state index >= 15 is 0 Å². The smallest absolute Gasteiger partial charge is 0.203 e. The number of hydrogen-bond acceptors (Lipinski definition) is 2. The topological polar surface area (TPSA) is 50.8 Å². The van der Waals surface area contributed by atoms with Gasteiger partial charge in [-0.15, -0.1) is 0 Å². The summed E-state index contributed by atoms with van der Waals surface area (Å²) >= 11 is 12.1. The van der Waals surface area contributed by atoms with Gasteiger partial charge >= 0.3 is 0 Å². The van der Waals surface area contributed by atoms with E-state index < -0.39 is 0 Å². The van der Waals surface area contributed by atoms with Crippen molar-refractivity contribution in [3.05, 3.63) is 62.3 Å². The lowest BCUT2D eigenvalue weighted by Gasteiger charge is -2.18. The summed E-state index contributed by atoms with van der Waals surface area (Å²) in [6.07, 6.45) is 2.95. The summed E-state index contributed by atoms with van der Waals surface area (Å²) in [5.41, 5.74) is 2.83. The van der Waals surface area contributed by atoms with Crippen LogP contribution in [0.2, 0.25) is 10.0 Å². The fraction of sp³-hybridized carbons (Fsp3) is 0.300. The lowest BCUT2D eigenvalue weighted by Crippen LogP contribution is -2.39. The number of Topliss-reactive ketones (excluding diaryl/α,β-unsaturated/α-hetero) is 1. The van der Waals surface area contributed by atoms with Gasteiger partial charge in [-0.05, 0) is 43.0 Å². The molecular formula is C20H21Cl2N3O. The summed E-state index contributed by atoms with van der Waals surface area (Å²) in [5.74, 6) is 0.185. The molecule has 0 aliphatic heterocycles. The number of ketones is 1. The van der Waals surface area contributed by atoms with E-state index in [1.807, 2.05) is 18.5 Å². The average Bonchev–Trinajstić information content (AvgIpc) is 2.79. The van der Waals surface area contributed by atoms with E-state index in [9.17, 15) is 4.79 Å². The monoisotopic (exact) mass is 389 g/mol. The fourth-order valence-corrected chi connectivity index (χ4v) is 4.11. The van der Waals surface area contributed by atoms with Crippen LogP contribution in [0.4, 0.5) is 0 Å². The minimum absolute atomic E-state index is 0.0533. The third kappa shape index (κ3) is 3.08. The Bertz CT molecular complexity index is 1110. The molecule has 1 aliphatic carbocycles. The SMILES string of the molecule is C=C(C)C1=c2c(n(CC(=O)c3ccc(Cl)cc3Cl)c(=N)n2C)=CC[C@H]1C. The molecule has 1 atom stereocenters. The molecule has 26 heavy (non-hydrogen) atoms. The van der Waals surface area contributed by atoms with Crippen molar-refractivity contribution in [1.29, 1.82) is 5.41 Å². The van der Waals surface area contributed by atoms with E-state index in [0.29, 0.717) is 21.5 Å². The summed E-state index contributed by atoms with van der Waals surface area (Å²) in [7, 11) is 1.85. The highest BCUT2D eigenvalue weighted by atomic mass is 35.5. The van der Waals surface area contributed by atoms with Crippen LogP contribution in [0, 0.1) is 11.3 Å². The van der Waals surface area contributed by atoms with Gasteiger partial charge in [0.05, 0.1) is 22.3 Å². The van der Waals surface area contributed by atoms with Crippen molar-refractivity contribution in [1.82, 2.24) is 9.13 Å². The zero-order valence-electron chi connectivity index (χ0n) is 15.1. The molecule has 0 saturated heterocycles. The number of carbonyl (C=O) groups excluding carboxylic acids is 1. The van der Waals surface area contributed by atoms with Crippen molar-refractivity contribution in [2.45, 2.75) is 26.8 Å². The average molecular weight is 390 g/mol. The number of carbonyl (C=O) groups is 1. The van der Waals surface area contributed by atoms with Gasteiger partial charge in [-0.1, -0.05) is 48.4 Å². The lowest BCUT2D eigenvalue weighted by molar-refractivity contribution is 0.0969. The van der Waals surface area contributed by atoms with Crippen molar-refractivity contribution in [3.8, 4) is 0 Å². The van der Waals surface area contributed by atoms with Gasteiger partial charge < -0.3 is 9.13 Å². The molecule has 0 radical (unpaired) electrons. The number of hydrogen-bond donors (Lipinski definition) is 1. The second-order valence-electron chi connectivity index (χ2n) is 6.78. The largest absolute Gasteiger partial charge is 0.313 e. The van der Waals surface area contributed by atoms with Gasteiger partial charge in [0.25, 0.3) is 0 Å². The Kier molecular flexibility index (Phi) is 5.00. The third-order valence-corrected chi connectivity index (χ3v) is 5.40. The molecule has 1 N–H and O–H groups in total. The first kappa shape index (κ1) is 18.7. The first-order valence-corrected chi connectivity index (χ1v) is 9.16. The van der Waals surface area contributed by atoms with E-state index in [4.69, 9.17) is 28.6 Å². The molecule has 1 aliphatic rings. The number of nitrogens with zero attached hydrogens (tertiary/aromatic N) is 2. The number of rotatable bonds is 4. The van der Waals surface area contributed by atoms with Gasteiger partial charge in [0.2, 0.25) is 5.62 Å². The predicted octanol–water partition coefficient (Wildman–Crippen LogP) is 3.04. The quantitative estimate of drug-likeness (QED) is 0.802. The Hall–Kier alpha value is -2.04. The van der Waals surface area contributed by atoms with E-state index in [-0.39, 0.29) is 17.9 Å². The van der Waals surface area contributed by atoms with Crippen LogP contribution >= 0.6 is 23.2 Å². The molecule has 6 heteroatoms. The van der Waals surface area contributed by atoms with Gasteiger partial charge in [0, 0.05) is 17.6 Å². The molecule has 0 saturated carbocycles. The van der Waals surface area contributed by atoms with Crippen LogP contribution in [-0.2, 0) is 13.6 Å². The molecule has 0 fully saturated rings. The molecule has 0 unspecified atom stereocenters. The minimum atomic E-state index is -0.150. The molecule has 0 spiro atoms. The van der Waals surface area contributed by atoms with E-state index in [1.165, 1.54) is 0 Å². The first-order chi connectivity index (χ1) is 12.2. The standard InChI is InChI=1S/C20H21Cl2N3O/c1-11(2)18-12(3)5-8-16-19(18)24(4)20(23)25(16)10-17(26)14-7-6-13(21)9-15(14)22/h6-9,12,23H,1,5,10H2,2-4H3/t12-/m1/s1. The molecule has 3 rings (SSSR count). The maximum atomic E-state index is 12.8. The lowest BCUT2D eigenvalue weighted by atomic mass is 9.89. The Morgan fingerprint density at radius 2 is 2.08 bits per heavy atom. The zero-order valence-corrected chi connectivity index (χ0v) is 16.6. The van der Waals surface area contributed by atoms with Gasteiger partial charge in [-0.25, -0.2) is 0 Å². The Morgan fingerprint density at radius 3 is 2.69 bits per heavy atom. The summed E-state index contributed by atoms with van der Waals surface area (Å²) < 4.78 is 3.56. The summed E-state index contributed by atoms with van der Waals surface area (Å²) in [4.78, 5) is 12.8. The fourth-order valence-electron chi connectivity index (χ4n) is 3.59. The zero-order chi connectivity index (χ0) is 19.2. The van der Waals surface area contributed by atoms with Gasteiger partial charge in [-0.3, -0.25) is 10.2 Å². The Labute approximate surface area is 162 Å². The van der Waals surface area contributed by atoms with Crippen molar-refractivity contribution < 1.29 is 4.79 Å². The number of fused-ring (bicyclic) bond motifs is 1. The van der Waals surface area contributed by atoms with E-state index in [0.717, 1.165) is 28.3 Å². The van der Waals surface area contributed by atoms with E-state index in [2.05, 4.69) is 19.6 Å². The maximum Gasteiger partial charge on any atom is 0.203 e. The number of allylic oxidation sites excluding steroid dienone is 1. The van der Waals surface area contributed by atoms with E-state index in [1.54, 1.807) is 22.8 Å². The predicted molar refractivity (Wildman–Crippen MR) is 106 cm³/mol. The molecule has 0 bridgehead atoms. The number of halogens is 2. The number of aromatic nitrogens is 2. The second kappa shape index (κ2) is 6.93. The second-order valence-corrected chi connectivity index (χ2v) is 7.63. The van der Waals surface area contributed by atoms with Crippen molar-refractivity contribution >= 4 is 40.6 Å². The minimum Gasteiger partial charge on any atom is -0.313 e. The van der Waals surface area contributed by atoms with Gasteiger partial charge in [0.1, 0.15) is 0 Å². The third-order valence-electron chi connectivity index (χ3n) is 4.85. The number of imidazole rings is 1. The Morgan fingerprint density at radius 1 is 1.38 bits per heavy atom. The molecule has 1 aromatic carbocycles.